The number of nitrogens with two attached hydrogens (primary N) is 1. The quantitative estimate of drug-likeness (QED) is 0.664. The first-order chi connectivity index (χ1) is 6.79. The Balaban J connectivity index is 2.19. The van der Waals surface area contributed by atoms with Crippen molar-refractivity contribution in [1.29, 1.82) is 5.26 Å². The summed E-state index contributed by atoms with van der Waals surface area (Å²) < 4.78 is 0. The Hall–Kier alpha value is -1.99. The largest absolute Gasteiger partial charge is 0.327 e. The standard InChI is InChI=1S/C10H10N4/c11-7-9-1-3-10(4-2-9)13-5-6-14(12)8-13/h1-6H,8,12H2. The molecule has 0 bridgehead atoms. The highest BCUT2D eigenvalue weighted by Gasteiger charge is 2.10. The van der Waals surface area contributed by atoms with Gasteiger partial charge in [-0.05, 0) is 24.3 Å². The zero-order chi connectivity index (χ0) is 9.97. The van der Waals surface area contributed by atoms with Gasteiger partial charge in [-0.15, -0.1) is 0 Å². The van der Waals surface area contributed by atoms with Gasteiger partial charge in [-0.3, -0.25) is 5.01 Å². The second-order valence-electron chi connectivity index (χ2n) is 3.08. The van der Waals surface area contributed by atoms with E-state index in [0.717, 1.165) is 5.69 Å². The van der Waals surface area contributed by atoms with Crippen LogP contribution in [0.5, 0.6) is 0 Å². The van der Waals surface area contributed by atoms with E-state index in [4.69, 9.17) is 11.1 Å². The Labute approximate surface area is 82.4 Å². The summed E-state index contributed by atoms with van der Waals surface area (Å²) in [6, 6.07) is 9.48. The van der Waals surface area contributed by atoms with E-state index in [1.54, 1.807) is 23.3 Å². The van der Waals surface area contributed by atoms with Gasteiger partial charge in [-0.2, -0.15) is 5.26 Å². The van der Waals surface area contributed by atoms with Crippen LogP contribution in [0.15, 0.2) is 36.7 Å². The molecule has 0 radical (unpaired) electrons. The zero-order valence-corrected chi connectivity index (χ0v) is 7.59. The number of anilines is 1. The average molecular weight is 186 g/mol. The van der Waals surface area contributed by atoms with Crippen LogP contribution >= 0.6 is 0 Å². The molecule has 70 valence electrons. The molecule has 2 rings (SSSR count). The lowest BCUT2D eigenvalue weighted by Crippen LogP contribution is -2.29. The molecule has 1 aromatic rings. The van der Waals surface area contributed by atoms with Gasteiger partial charge in [0.15, 0.2) is 0 Å². The van der Waals surface area contributed by atoms with E-state index >= 15 is 0 Å². The maximum absolute atomic E-state index is 8.63. The van der Waals surface area contributed by atoms with Crippen LogP contribution in [0.2, 0.25) is 0 Å². The van der Waals surface area contributed by atoms with Crippen LogP contribution in [0.1, 0.15) is 5.56 Å². The third kappa shape index (κ3) is 1.53. The first-order valence-corrected chi connectivity index (χ1v) is 4.26. The van der Waals surface area contributed by atoms with Gasteiger partial charge in [0.2, 0.25) is 0 Å². The highest BCUT2D eigenvalue weighted by atomic mass is 15.5. The number of hydrazine groups is 1. The molecular weight excluding hydrogens is 176 g/mol. The van der Waals surface area contributed by atoms with Crippen LogP contribution in [0, 0.1) is 11.3 Å². The Kier molecular flexibility index (Phi) is 2.09. The van der Waals surface area contributed by atoms with Crippen LogP contribution in [0.4, 0.5) is 5.69 Å². The van der Waals surface area contributed by atoms with Gasteiger partial charge in [0.05, 0.1) is 11.6 Å². The van der Waals surface area contributed by atoms with Crippen molar-refractivity contribution >= 4 is 5.69 Å². The van der Waals surface area contributed by atoms with Gasteiger partial charge >= 0.3 is 0 Å². The summed E-state index contributed by atoms with van der Waals surface area (Å²) in [6.45, 7) is 0.645. The van der Waals surface area contributed by atoms with E-state index in [1.165, 1.54) is 0 Å². The predicted molar refractivity (Wildman–Crippen MR) is 53.7 cm³/mol. The second kappa shape index (κ2) is 3.40. The summed E-state index contributed by atoms with van der Waals surface area (Å²) in [7, 11) is 0. The van der Waals surface area contributed by atoms with Crippen molar-refractivity contribution in [1.82, 2.24) is 5.01 Å². The van der Waals surface area contributed by atoms with Crippen molar-refractivity contribution in [3.05, 3.63) is 42.2 Å². The second-order valence-corrected chi connectivity index (χ2v) is 3.08. The molecule has 0 fully saturated rings. The van der Waals surface area contributed by atoms with Gasteiger partial charge in [-0.25, -0.2) is 5.84 Å². The Morgan fingerprint density at radius 2 is 1.93 bits per heavy atom. The fraction of sp³-hybridized carbons (Fsp3) is 0.100. The molecule has 0 atom stereocenters. The molecule has 0 saturated heterocycles. The van der Waals surface area contributed by atoms with E-state index in [1.807, 2.05) is 23.2 Å². The Morgan fingerprint density at radius 3 is 2.43 bits per heavy atom. The van der Waals surface area contributed by atoms with Gasteiger partial charge < -0.3 is 4.90 Å². The van der Waals surface area contributed by atoms with Crippen LogP contribution in [0.25, 0.3) is 0 Å². The SMILES string of the molecule is N#Cc1ccc(N2C=CN(N)C2)cc1. The number of benzene rings is 1. The predicted octanol–water partition coefficient (Wildman–Crippen LogP) is 0.983. The van der Waals surface area contributed by atoms with Crippen molar-refractivity contribution in [2.45, 2.75) is 0 Å². The van der Waals surface area contributed by atoms with Gasteiger partial charge in [0, 0.05) is 18.1 Å². The third-order valence-corrected chi connectivity index (χ3v) is 2.08. The van der Waals surface area contributed by atoms with Gasteiger partial charge in [0.1, 0.15) is 6.67 Å². The van der Waals surface area contributed by atoms with Crippen molar-refractivity contribution in [2.24, 2.45) is 5.84 Å². The first kappa shape index (κ1) is 8.60. The maximum Gasteiger partial charge on any atom is 0.109 e. The lowest BCUT2D eigenvalue weighted by molar-refractivity contribution is 0.428. The lowest BCUT2D eigenvalue weighted by atomic mass is 10.2. The molecule has 2 N–H and O–H groups in total. The Bertz CT molecular complexity index is 388. The van der Waals surface area contributed by atoms with Crippen molar-refractivity contribution in [2.75, 3.05) is 11.6 Å². The summed E-state index contributed by atoms with van der Waals surface area (Å²) in [5.41, 5.74) is 1.70. The molecule has 1 heterocycles. The number of nitrogens with zero attached hydrogens (tertiary/aromatic N) is 3. The molecule has 14 heavy (non-hydrogen) atoms. The fourth-order valence-corrected chi connectivity index (χ4v) is 1.33. The summed E-state index contributed by atoms with van der Waals surface area (Å²) >= 11 is 0. The molecular formula is C10H10N4. The normalized spacial score (nSPS) is 14.6. The monoisotopic (exact) mass is 186 g/mol. The van der Waals surface area contributed by atoms with Crippen molar-refractivity contribution in [3.63, 3.8) is 0 Å². The smallest absolute Gasteiger partial charge is 0.109 e. The molecule has 4 nitrogen and oxygen atoms in total. The topological polar surface area (TPSA) is 56.3 Å². The first-order valence-electron chi connectivity index (χ1n) is 4.26. The highest BCUT2D eigenvalue weighted by molar-refractivity contribution is 5.52. The minimum absolute atomic E-state index is 0.645. The molecule has 0 saturated carbocycles. The third-order valence-electron chi connectivity index (χ3n) is 2.08. The Morgan fingerprint density at radius 1 is 1.21 bits per heavy atom. The minimum atomic E-state index is 0.645. The minimum Gasteiger partial charge on any atom is -0.327 e. The summed E-state index contributed by atoms with van der Waals surface area (Å²) in [5.74, 6) is 5.57. The number of hydrogen-bond donors (Lipinski definition) is 1. The molecule has 0 spiro atoms. The van der Waals surface area contributed by atoms with Crippen LogP contribution < -0.4 is 10.7 Å². The van der Waals surface area contributed by atoms with E-state index in [9.17, 15) is 0 Å². The summed E-state index contributed by atoms with van der Waals surface area (Å²) in [5, 5.41) is 10.2. The van der Waals surface area contributed by atoms with Crippen molar-refractivity contribution < 1.29 is 0 Å². The molecule has 1 aliphatic rings. The molecule has 0 unspecified atom stereocenters. The van der Waals surface area contributed by atoms with Crippen LogP contribution in [-0.4, -0.2) is 11.7 Å². The van der Waals surface area contributed by atoms with E-state index in [-0.39, 0.29) is 0 Å². The zero-order valence-electron chi connectivity index (χ0n) is 7.59. The molecule has 0 aromatic heterocycles. The molecule has 1 aliphatic heterocycles. The summed E-state index contributed by atoms with van der Waals surface area (Å²) in [6.07, 6.45) is 3.71. The van der Waals surface area contributed by atoms with E-state index < -0.39 is 0 Å². The molecule has 1 aromatic carbocycles. The molecule has 0 amide bonds. The summed E-state index contributed by atoms with van der Waals surface area (Å²) in [4.78, 5) is 2.00. The lowest BCUT2D eigenvalue weighted by Gasteiger charge is -2.17. The van der Waals surface area contributed by atoms with E-state index in [2.05, 4.69) is 6.07 Å². The van der Waals surface area contributed by atoms with Crippen molar-refractivity contribution in [3.8, 4) is 6.07 Å². The van der Waals surface area contributed by atoms with Crippen LogP contribution in [-0.2, 0) is 0 Å². The van der Waals surface area contributed by atoms with E-state index in [0.29, 0.717) is 12.2 Å². The fourth-order valence-electron chi connectivity index (χ4n) is 1.33. The average Bonchev–Trinajstić information content (AvgIpc) is 2.65. The van der Waals surface area contributed by atoms with Crippen LogP contribution in [0.3, 0.4) is 0 Å². The van der Waals surface area contributed by atoms with Gasteiger partial charge in [-0.1, -0.05) is 0 Å². The van der Waals surface area contributed by atoms with Gasteiger partial charge in [0.25, 0.3) is 0 Å². The highest BCUT2D eigenvalue weighted by Crippen LogP contribution is 2.18. The molecule has 0 aliphatic carbocycles. The maximum atomic E-state index is 8.63. The number of rotatable bonds is 1. The number of nitriles is 1. The molecule has 4 heteroatoms. The number of hydrogen-bond acceptors (Lipinski definition) is 4.